The number of esters is 1. The van der Waals surface area contributed by atoms with E-state index in [-0.39, 0.29) is 12.3 Å². The van der Waals surface area contributed by atoms with E-state index in [0.717, 1.165) is 11.1 Å². The van der Waals surface area contributed by atoms with Crippen molar-refractivity contribution in [1.82, 2.24) is 5.32 Å². The zero-order valence-corrected chi connectivity index (χ0v) is 16.8. The van der Waals surface area contributed by atoms with Crippen LogP contribution in [0, 0.1) is 0 Å². The molecule has 0 spiro atoms. The quantitative estimate of drug-likeness (QED) is 0.644. The molecule has 2 atom stereocenters. The molecule has 0 radical (unpaired) electrons. The van der Waals surface area contributed by atoms with E-state index in [4.69, 9.17) is 33.7 Å². The Morgan fingerprint density at radius 2 is 2.00 bits per heavy atom. The van der Waals surface area contributed by atoms with Crippen molar-refractivity contribution in [2.45, 2.75) is 31.5 Å². The number of fused-ring (bicyclic) bond motifs is 1. The second-order valence-electron chi connectivity index (χ2n) is 6.63. The number of carbonyl (C=O) groups excluding carboxylic acids is 2. The van der Waals surface area contributed by atoms with E-state index in [1.807, 2.05) is 24.3 Å². The number of anilines is 1. The summed E-state index contributed by atoms with van der Waals surface area (Å²) in [6, 6.07) is 9.80. The lowest BCUT2D eigenvalue weighted by Gasteiger charge is -2.33. The third-order valence-electron chi connectivity index (χ3n) is 4.66. The number of carbonyl (C=O) groups is 2. The fourth-order valence-electron chi connectivity index (χ4n) is 3.38. The fraction of sp³-hybridized carbons (Fsp3) is 0.300. The van der Waals surface area contributed by atoms with Gasteiger partial charge in [0.05, 0.1) is 19.6 Å². The van der Waals surface area contributed by atoms with Crippen LogP contribution in [0.2, 0.25) is 10.0 Å². The summed E-state index contributed by atoms with van der Waals surface area (Å²) in [5.74, 6) is -0.599. The molecule has 6 nitrogen and oxygen atoms in total. The molecule has 8 heteroatoms. The van der Waals surface area contributed by atoms with Gasteiger partial charge in [0.15, 0.2) is 0 Å². The Hall–Kier alpha value is -2.28. The predicted molar refractivity (Wildman–Crippen MR) is 109 cm³/mol. The van der Waals surface area contributed by atoms with Gasteiger partial charge in [-0.1, -0.05) is 47.5 Å². The van der Waals surface area contributed by atoms with Gasteiger partial charge >= 0.3 is 5.97 Å². The van der Waals surface area contributed by atoms with Gasteiger partial charge in [0, 0.05) is 34.3 Å². The van der Waals surface area contributed by atoms with Crippen LogP contribution < -0.4 is 16.4 Å². The Bertz CT molecular complexity index is 904. The number of nitrogens with two attached hydrogens (primary N) is 1. The Morgan fingerprint density at radius 1 is 1.25 bits per heavy atom. The van der Waals surface area contributed by atoms with Gasteiger partial charge in [0.1, 0.15) is 6.04 Å². The van der Waals surface area contributed by atoms with Crippen molar-refractivity contribution in [3.63, 3.8) is 0 Å². The van der Waals surface area contributed by atoms with Crippen LogP contribution in [-0.4, -0.2) is 25.0 Å². The van der Waals surface area contributed by atoms with Gasteiger partial charge in [0.2, 0.25) is 5.91 Å². The second-order valence-corrected chi connectivity index (χ2v) is 7.47. The number of ether oxygens (including phenoxy) is 1. The summed E-state index contributed by atoms with van der Waals surface area (Å²) in [7, 11) is 1.32. The first kappa shape index (κ1) is 20.5. The molecular formula is C20H21Cl2N3O3. The molecule has 2 aromatic carbocycles. The third-order valence-corrected chi connectivity index (χ3v) is 5.19. The van der Waals surface area contributed by atoms with Crippen LogP contribution in [0.1, 0.15) is 29.2 Å². The van der Waals surface area contributed by atoms with Gasteiger partial charge in [-0.15, -0.1) is 0 Å². The van der Waals surface area contributed by atoms with Gasteiger partial charge < -0.3 is 21.1 Å². The van der Waals surface area contributed by atoms with E-state index in [1.165, 1.54) is 7.11 Å². The minimum absolute atomic E-state index is 0.179. The highest BCUT2D eigenvalue weighted by Gasteiger charge is 2.34. The van der Waals surface area contributed by atoms with Gasteiger partial charge in [-0.05, 0) is 23.3 Å². The van der Waals surface area contributed by atoms with E-state index in [9.17, 15) is 9.59 Å². The maximum atomic E-state index is 12.7. The molecule has 1 aliphatic heterocycles. The van der Waals surface area contributed by atoms with Crippen molar-refractivity contribution in [3.05, 3.63) is 63.1 Å². The average Bonchev–Trinajstić information content (AvgIpc) is 2.66. The van der Waals surface area contributed by atoms with E-state index in [2.05, 4.69) is 10.6 Å². The number of amides is 1. The zero-order chi connectivity index (χ0) is 20.3. The van der Waals surface area contributed by atoms with Crippen molar-refractivity contribution in [2.75, 3.05) is 12.4 Å². The molecule has 1 aliphatic rings. The summed E-state index contributed by atoms with van der Waals surface area (Å²) >= 11 is 12.5. The van der Waals surface area contributed by atoms with Gasteiger partial charge in [-0.3, -0.25) is 4.79 Å². The van der Waals surface area contributed by atoms with Crippen LogP contribution in [0.3, 0.4) is 0 Å². The molecule has 2 unspecified atom stereocenters. The summed E-state index contributed by atoms with van der Waals surface area (Å²) in [6.07, 6.45) is 0.511. The highest BCUT2D eigenvalue weighted by Crippen LogP contribution is 2.40. The Kier molecular flexibility index (Phi) is 6.44. The van der Waals surface area contributed by atoms with E-state index in [1.54, 1.807) is 12.1 Å². The van der Waals surface area contributed by atoms with Gasteiger partial charge in [-0.25, -0.2) is 4.79 Å². The molecule has 4 N–H and O–H groups in total. The molecule has 28 heavy (non-hydrogen) atoms. The number of hydrogen-bond acceptors (Lipinski definition) is 5. The standard InChI is InChI=1S/C20H21Cl2N3O3/c1-28-20(27)17-9-16(19-14(22)7-13(21)8-15(19)24-17)25-18(26)6-11-3-2-4-12(5-11)10-23/h2-5,7-8,16-17,24H,6,9-10,23H2,1H3,(H,25,26). The highest BCUT2D eigenvalue weighted by atomic mass is 35.5. The molecule has 0 saturated heterocycles. The molecule has 0 fully saturated rings. The minimum atomic E-state index is -0.613. The molecule has 0 bridgehead atoms. The van der Waals surface area contributed by atoms with Crippen LogP contribution in [0.5, 0.6) is 0 Å². The monoisotopic (exact) mass is 421 g/mol. The highest BCUT2D eigenvalue weighted by molar-refractivity contribution is 6.35. The molecule has 2 aromatic rings. The molecule has 1 amide bonds. The Morgan fingerprint density at radius 3 is 2.71 bits per heavy atom. The van der Waals surface area contributed by atoms with Crippen LogP contribution in [0.4, 0.5) is 5.69 Å². The predicted octanol–water partition coefficient (Wildman–Crippen LogP) is 3.21. The molecule has 3 rings (SSSR count). The summed E-state index contributed by atoms with van der Waals surface area (Å²) in [6.45, 7) is 0.411. The summed E-state index contributed by atoms with van der Waals surface area (Å²) < 4.78 is 4.85. The van der Waals surface area contributed by atoms with Crippen molar-refractivity contribution in [2.24, 2.45) is 5.73 Å². The van der Waals surface area contributed by atoms with Crippen LogP contribution in [0.15, 0.2) is 36.4 Å². The molecule has 1 heterocycles. The maximum absolute atomic E-state index is 12.7. The average molecular weight is 422 g/mol. The first-order valence-electron chi connectivity index (χ1n) is 8.81. The zero-order valence-electron chi connectivity index (χ0n) is 15.3. The Labute approximate surface area is 173 Å². The lowest BCUT2D eigenvalue weighted by atomic mass is 9.92. The van der Waals surface area contributed by atoms with Crippen LogP contribution >= 0.6 is 23.2 Å². The van der Waals surface area contributed by atoms with Gasteiger partial charge in [0.25, 0.3) is 0 Å². The summed E-state index contributed by atoms with van der Waals surface area (Å²) in [5.41, 5.74) is 8.79. The lowest BCUT2D eigenvalue weighted by Crippen LogP contribution is -2.42. The SMILES string of the molecule is COC(=O)C1CC(NC(=O)Cc2cccc(CN)c2)c2c(Cl)cc(Cl)cc2N1. The number of benzene rings is 2. The summed E-state index contributed by atoms with van der Waals surface area (Å²) in [4.78, 5) is 24.7. The van der Waals surface area contributed by atoms with Crippen molar-refractivity contribution >= 4 is 40.8 Å². The first-order chi connectivity index (χ1) is 13.4. The van der Waals surface area contributed by atoms with Crippen LogP contribution in [-0.2, 0) is 27.3 Å². The normalized spacial score (nSPS) is 18.0. The number of nitrogens with one attached hydrogen (secondary N) is 2. The fourth-order valence-corrected chi connectivity index (χ4v) is 4.01. The van der Waals surface area contributed by atoms with Crippen LogP contribution in [0.25, 0.3) is 0 Å². The molecule has 0 saturated carbocycles. The van der Waals surface area contributed by atoms with Crippen molar-refractivity contribution in [3.8, 4) is 0 Å². The molecular weight excluding hydrogens is 401 g/mol. The van der Waals surface area contributed by atoms with Crippen molar-refractivity contribution in [1.29, 1.82) is 0 Å². The lowest BCUT2D eigenvalue weighted by molar-refractivity contribution is -0.142. The number of rotatable bonds is 5. The van der Waals surface area contributed by atoms with E-state index >= 15 is 0 Å². The number of halogens is 2. The van der Waals surface area contributed by atoms with E-state index in [0.29, 0.717) is 34.3 Å². The first-order valence-corrected chi connectivity index (χ1v) is 9.57. The number of hydrogen-bond donors (Lipinski definition) is 3. The second kappa shape index (κ2) is 8.82. The minimum Gasteiger partial charge on any atom is -0.467 e. The molecule has 0 aromatic heterocycles. The largest absolute Gasteiger partial charge is 0.467 e. The molecule has 0 aliphatic carbocycles. The Balaban J connectivity index is 1.83. The third kappa shape index (κ3) is 4.58. The molecule has 148 valence electrons. The maximum Gasteiger partial charge on any atom is 0.328 e. The van der Waals surface area contributed by atoms with Gasteiger partial charge in [-0.2, -0.15) is 0 Å². The summed E-state index contributed by atoms with van der Waals surface area (Å²) in [5, 5.41) is 6.93. The topological polar surface area (TPSA) is 93.5 Å². The smallest absolute Gasteiger partial charge is 0.328 e. The number of methoxy groups -OCH3 is 1. The van der Waals surface area contributed by atoms with Crippen molar-refractivity contribution < 1.29 is 14.3 Å². The van der Waals surface area contributed by atoms with E-state index < -0.39 is 18.1 Å².